The van der Waals surface area contributed by atoms with E-state index >= 15 is 0 Å². The molecule has 2 heterocycles. The molecule has 0 amide bonds. The second-order valence-corrected chi connectivity index (χ2v) is 7.64. The molecule has 0 bridgehead atoms. The van der Waals surface area contributed by atoms with Gasteiger partial charge in [-0.2, -0.15) is 0 Å². The van der Waals surface area contributed by atoms with Crippen LogP contribution in [0.5, 0.6) is 0 Å². The van der Waals surface area contributed by atoms with Gasteiger partial charge < -0.3 is 4.98 Å². The highest BCUT2D eigenvalue weighted by molar-refractivity contribution is 7.85. The van der Waals surface area contributed by atoms with Gasteiger partial charge in [0.1, 0.15) is 4.90 Å². The van der Waals surface area contributed by atoms with Gasteiger partial charge in [0.15, 0.2) is 0 Å². The molecule has 7 nitrogen and oxygen atoms in total. The van der Waals surface area contributed by atoms with Crippen molar-refractivity contribution in [2.75, 3.05) is 0 Å². The SMILES string of the molecule is O=c1[nH]c2cc(S(=O)c3cccc4cnccc34)c([N+](=O)[O-])cc2s1. The molecule has 0 aliphatic heterocycles. The summed E-state index contributed by atoms with van der Waals surface area (Å²) >= 11 is 0.880. The van der Waals surface area contributed by atoms with Gasteiger partial charge in [-0.1, -0.05) is 23.5 Å². The minimum absolute atomic E-state index is 0.0517. The molecule has 4 rings (SSSR count). The van der Waals surface area contributed by atoms with Gasteiger partial charge in [0, 0.05) is 29.2 Å². The van der Waals surface area contributed by atoms with Crippen LogP contribution in [-0.4, -0.2) is 19.1 Å². The van der Waals surface area contributed by atoms with Gasteiger partial charge in [-0.05, 0) is 18.2 Å². The Labute approximate surface area is 146 Å². The van der Waals surface area contributed by atoms with Crippen LogP contribution in [0.15, 0.2) is 63.4 Å². The van der Waals surface area contributed by atoms with Crippen LogP contribution < -0.4 is 4.87 Å². The van der Waals surface area contributed by atoms with Crippen molar-refractivity contribution >= 4 is 48.8 Å². The number of nitrogens with zero attached hydrogens (tertiary/aromatic N) is 2. The van der Waals surface area contributed by atoms with E-state index in [1.54, 1.807) is 30.6 Å². The Kier molecular flexibility index (Phi) is 3.66. The normalized spacial score (nSPS) is 12.5. The lowest BCUT2D eigenvalue weighted by molar-refractivity contribution is -0.387. The topological polar surface area (TPSA) is 106 Å². The zero-order chi connectivity index (χ0) is 17.6. The number of benzene rings is 2. The molecule has 124 valence electrons. The zero-order valence-electron chi connectivity index (χ0n) is 12.5. The molecule has 0 aliphatic carbocycles. The number of hydrogen-bond donors (Lipinski definition) is 1. The van der Waals surface area contributed by atoms with Crippen molar-refractivity contribution in [3.63, 3.8) is 0 Å². The van der Waals surface area contributed by atoms with Gasteiger partial charge in [-0.25, -0.2) is 4.21 Å². The molecule has 0 radical (unpaired) electrons. The van der Waals surface area contributed by atoms with E-state index in [1.807, 2.05) is 6.07 Å². The number of fused-ring (bicyclic) bond motifs is 2. The number of hydrogen-bond acceptors (Lipinski definition) is 6. The van der Waals surface area contributed by atoms with Crippen LogP contribution in [-0.2, 0) is 10.8 Å². The third-order valence-electron chi connectivity index (χ3n) is 3.74. The number of aromatic nitrogens is 2. The Morgan fingerprint density at radius 3 is 2.84 bits per heavy atom. The number of nitro benzene ring substituents is 1. The van der Waals surface area contributed by atoms with E-state index in [9.17, 15) is 19.1 Å². The standard InChI is InChI=1S/C16H9N3O4S2/c20-16-18-11-6-15(12(19(21)22)7-13(11)24-16)25(23)14-3-1-2-9-8-17-5-4-10(9)14/h1-8H,(H,18,20). The molecule has 0 aliphatic rings. The molecule has 0 saturated carbocycles. The number of H-pyrrole nitrogens is 1. The Bertz CT molecular complexity index is 1220. The minimum atomic E-state index is -1.79. The average molecular weight is 371 g/mol. The lowest BCUT2D eigenvalue weighted by atomic mass is 10.2. The molecule has 0 spiro atoms. The molecule has 1 unspecified atom stereocenters. The molecule has 1 atom stereocenters. The van der Waals surface area contributed by atoms with E-state index in [4.69, 9.17) is 0 Å². The second kappa shape index (κ2) is 5.87. The molecule has 4 aromatic rings. The molecule has 9 heteroatoms. The predicted octanol–water partition coefficient (Wildman–Crippen LogP) is 3.21. The molecule has 25 heavy (non-hydrogen) atoms. The molecule has 0 saturated heterocycles. The van der Waals surface area contributed by atoms with E-state index < -0.39 is 15.7 Å². The smallest absolute Gasteiger partial charge is 0.305 e. The van der Waals surface area contributed by atoms with Crippen molar-refractivity contribution in [1.82, 2.24) is 9.97 Å². The highest BCUT2D eigenvalue weighted by Gasteiger charge is 2.23. The Balaban J connectivity index is 1.99. The summed E-state index contributed by atoms with van der Waals surface area (Å²) in [4.78, 5) is 29.2. The summed E-state index contributed by atoms with van der Waals surface area (Å²) in [6, 6.07) is 9.66. The lowest BCUT2D eigenvalue weighted by Crippen LogP contribution is -2.00. The number of rotatable bonds is 3. The van der Waals surface area contributed by atoms with Gasteiger partial charge in [-0.3, -0.25) is 19.9 Å². The summed E-state index contributed by atoms with van der Waals surface area (Å²) in [5.74, 6) is 0. The van der Waals surface area contributed by atoms with Crippen molar-refractivity contribution in [1.29, 1.82) is 0 Å². The van der Waals surface area contributed by atoms with Crippen molar-refractivity contribution in [2.24, 2.45) is 0 Å². The van der Waals surface area contributed by atoms with Crippen LogP contribution in [0.4, 0.5) is 5.69 Å². The highest BCUT2D eigenvalue weighted by atomic mass is 32.2. The summed E-state index contributed by atoms with van der Waals surface area (Å²) < 4.78 is 13.6. The van der Waals surface area contributed by atoms with Crippen LogP contribution in [0.3, 0.4) is 0 Å². The average Bonchev–Trinajstić information content (AvgIpc) is 2.98. The summed E-state index contributed by atoms with van der Waals surface area (Å²) in [6.45, 7) is 0. The van der Waals surface area contributed by atoms with Crippen LogP contribution in [0.25, 0.3) is 21.0 Å². The second-order valence-electron chi connectivity index (χ2n) is 5.21. The molecule has 2 aromatic carbocycles. The minimum Gasteiger partial charge on any atom is -0.312 e. The molecule has 1 N–H and O–H groups in total. The first-order chi connectivity index (χ1) is 12.0. The van der Waals surface area contributed by atoms with Crippen LogP contribution in [0.1, 0.15) is 0 Å². The lowest BCUT2D eigenvalue weighted by Gasteiger charge is -2.07. The van der Waals surface area contributed by atoms with Gasteiger partial charge >= 0.3 is 4.87 Å². The first-order valence-electron chi connectivity index (χ1n) is 7.10. The van der Waals surface area contributed by atoms with Crippen LogP contribution in [0.2, 0.25) is 0 Å². The molecular formula is C16H9N3O4S2. The number of thiazole rings is 1. The fourth-order valence-corrected chi connectivity index (χ4v) is 4.76. The van der Waals surface area contributed by atoms with Gasteiger partial charge in [0.2, 0.25) is 0 Å². The largest absolute Gasteiger partial charge is 0.312 e. The molecular weight excluding hydrogens is 362 g/mol. The summed E-state index contributed by atoms with van der Waals surface area (Å²) in [6.07, 6.45) is 3.22. The summed E-state index contributed by atoms with van der Waals surface area (Å²) in [5, 5.41) is 13.0. The third kappa shape index (κ3) is 2.63. The monoisotopic (exact) mass is 371 g/mol. The van der Waals surface area contributed by atoms with Gasteiger partial charge in [0.25, 0.3) is 5.69 Å². The van der Waals surface area contributed by atoms with E-state index in [2.05, 4.69) is 9.97 Å². The van der Waals surface area contributed by atoms with Crippen molar-refractivity contribution in [3.8, 4) is 0 Å². The number of aromatic amines is 1. The maximum absolute atomic E-state index is 13.1. The first kappa shape index (κ1) is 15.6. The molecule has 2 aromatic heterocycles. The number of nitrogens with one attached hydrogen (secondary N) is 1. The maximum atomic E-state index is 13.1. The quantitative estimate of drug-likeness (QED) is 0.440. The fraction of sp³-hybridized carbons (Fsp3) is 0. The Morgan fingerprint density at radius 2 is 2.04 bits per heavy atom. The van der Waals surface area contributed by atoms with Crippen molar-refractivity contribution < 1.29 is 9.13 Å². The third-order valence-corrected chi connectivity index (χ3v) is 6.06. The van der Waals surface area contributed by atoms with E-state index in [0.717, 1.165) is 16.7 Å². The molecule has 0 fully saturated rings. The van der Waals surface area contributed by atoms with Gasteiger partial charge in [-0.15, -0.1) is 0 Å². The highest BCUT2D eigenvalue weighted by Crippen LogP contribution is 2.33. The van der Waals surface area contributed by atoms with Crippen LogP contribution in [0, 0.1) is 10.1 Å². The fourth-order valence-electron chi connectivity index (χ4n) is 2.63. The van der Waals surface area contributed by atoms with Gasteiger partial charge in [0.05, 0.1) is 30.8 Å². The predicted molar refractivity (Wildman–Crippen MR) is 95.5 cm³/mol. The first-order valence-corrected chi connectivity index (χ1v) is 9.07. The Morgan fingerprint density at radius 1 is 1.20 bits per heavy atom. The van der Waals surface area contributed by atoms with Crippen molar-refractivity contribution in [2.45, 2.75) is 9.79 Å². The van der Waals surface area contributed by atoms with Crippen molar-refractivity contribution in [3.05, 3.63) is 68.6 Å². The maximum Gasteiger partial charge on any atom is 0.305 e. The Hall–Kier alpha value is -2.91. The zero-order valence-corrected chi connectivity index (χ0v) is 14.1. The summed E-state index contributed by atoms with van der Waals surface area (Å²) in [7, 11) is -1.79. The number of pyridine rings is 1. The van der Waals surface area contributed by atoms with E-state index in [-0.39, 0.29) is 15.5 Å². The summed E-state index contributed by atoms with van der Waals surface area (Å²) in [5.41, 5.74) is 0.165. The number of nitro groups is 1. The van der Waals surface area contributed by atoms with Crippen LogP contribution >= 0.6 is 11.3 Å². The van der Waals surface area contributed by atoms with E-state index in [0.29, 0.717) is 20.5 Å². The van der Waals surface area contributed by atoms with E-state index in [1.165, 1.54) is 12.1 Å².